The van der Waals surface area contributed by atoms with Crippen molar-refractivity contribution >= 4 is 19.8 Å². The second kappa shape index (κ2) is 36.7. The summed E-state index contributed by atoms with van der Waals surface area (Å²) in [6, 6.07) is 0. The van der Waals surface area contributed by atoms with Crippen molar-refractivity contribution in [3.63, 3.8) is 0 Å². The second-order valence-electron chi connectivity index (χ2n) is 15.5. The van der Waals surface area contributed by atoms with E-state index in [1.54, 1.807) is 0 Å². The summed E-state index contributed by atoms with van der Waals surface area (Å²) < 4.78 is 33.4. The summed E-state index contributed by atoms with van der Waals surface area (Å²) in [6.45, 7) is 3.11. The van der Waals surface area contributed by atoms with Crippen molar-refractivity contribution in [2.45, 2.75) is 198 Å². The Morgan fingerprint density at radius 2 is 0.934 bits per heavy atom. The number of phosphoric ester groups is 1. The molecule has 4 unspecified atom stereocenters. The van der Waals surface area contributed by atoms with E-state index in [9.17, 15) is 44.6 Å². The van der Waals surface area contributed by atoms with E-state index in [0.29, 0.717) is 19.3 Å². The van der Waals surface area contributed by atoms with Gasteiger partial charge >= 0.3 is 19.8 Å². The Kier molecular flexibility index (Phi) is 33.9. The zero-order valence-corrected chi connectivity index (χ0v) is 37.8. The van der Waals surface area contributed by atoms with Gasteiger partial charge in [0.2, 0.25) is 0 Å². The number of esters is 2. The Bertz CT molecular complexity index is 1340. The molecule has 1 fully saturated rings. The SMILES string of the molecule is CC/C=C\C/C=C\C/C=C\C/C=C\C/C=C\C/C=C\CCC(=O)OC(COC(=O)CCCCCCCCCCCCCCC)COP(=O)(O)OC1[C@H](O)[C@H](O)C(O)[C@H](O)[C@H]1O. The van der Waals surface area contributed by atoms with Gasteiger partial charge in [-0.2, -0.15) is 0 Å². The largest absolute Gasteiger partial charge is 0.472 e. The number of hydrogen-bond donors (Lipinski definition) is 6. The third-order valence-corrected chi connectivity index (χ3v) is 11.1. The predicted octanol–water partition coefficient (Wildman–Crippen LogP) is 8.72. The molecule has 0 spiro atoms. The van der Waals surface area contributed by atoms with Gasteiger partial charge in [-0.25, -0.2) is 4.57 Å². The molecule has 0 aliphatic heterocycles. The minimum atomic E-state index is -5.14. The van der Waals surface area contributed by atoms with Crippen LogP contribution in [0.2, 0.25) is 0 Å². The molecule has 0 amide bonds. The monoisotopic (exact) mass is 883 g/mol. The van der Waals surface area contributed by atoms with Gasteiger partial charge in [-0.15, -0.1) is 0 Å². The first-order chi connectivity index (χ1) is 29.4. The number of unbranched alkanes of at least 4 members (excludes halogenated alkanes) is 12. The molecule has 8 atom stereocenters. The average molecular weight is 883 g/mol. The first-order valence-corrected chi connectivity index (χ1v) is 24.2. The van der Waals surface area contributed by atoms with Gasteiger partial charge in [0.1, 0.15) is 43.2 Å². The number of carbonyl (C=O) groups is 2. The molecule has 61 heavy (non-hydrogen) atoms. The quantitative estimate of drug-likeness (QED) is 0.0151. The lowest BCUT2D eigenvalue weighted by Gasteiger charge is -2.41. The van der Waals surface area contributed by atoms with Crippen LogP contribution in [0.15, 0.2) is 72.9 Å². The predicted molar refractivity (Wildman–Crippen MR) is 239 cm³/mol. The highest BCUT2D eigenvalue weighted by molar-refractivity contribution is 7.47. The van der Waals surface area contributed by atoms with Gasteiger partial charge in [-0.3, -0.25) is 18.6 Å². The molecule has 1 saturated carbocycles. The maximum atomic E-state index is 12.8. The molecule has 14 heteroatoms. The zero-order chi connectivity index (χ0) is 45.0. The van der Waals surface area contributed by atoms with E-state index in [2.05, 4.69) is 68.5 Å². The molecule has 1 aliphatic rings. The number of phosphoric acid groups is 1. The number of hydrogen-bond acceptors (Lipinski definition) is 12. The smallest absolute Gasteiger partial charge is 0.462 e. The summed E-state index contributed by atoms with van der Waals surface area (Å²) in [7, 11) is -5.14. The third kappa shape index (κ3) is 29.3. The Hall–Kier alpha value is -2.71. The lowest BCUT2D eigenvalue weighted by atomic mass is 9.85. The highest BCUT2D eigenvalue weighted by atomic mass is 31.2. The number of ether oxygens (including phenoxy) is 2. The van der Waals surface area contributed by atoms with Crippen LogP contribution >= 0.6 is 7.82 Å². The summed E-state index contributed by atoms with van der Waals surface area (Å²) >= 11 is 0. The van der Waals surface area contributed by atoms with Crippen LogP contribution in [0.25, 0.3) is 0 Å². The van der Waals surface area contributed by atoms with E-state index in [4.69, 9.17) is 18.5 Å². The minimum Gasteiger partial charge on any atom is -0.462 e. The van der Waals surface area contributed by atoms with Crippen molar-refractivity contribution in [2.24, 2.45) is 0 Å². The van der Waals surface area contributed by atoms with Crippen molar-refractivity contribution in [3.05, 3.63) is 72.9 Å². The first-order valence-electron chi connectivity index (χ1n) is 22.7. The Morgan fingerprint density at radius 3 is 1.39 bits per heavy atom. The number of rotatable bonds is 36. The molecule has 0 heterocycles. The molecule has 350 valence electrons. The molecular weight excluding hydrogens is 803 g/mol. The molecule has 6 N–H and O–H groups in total. The number of carbonyl (C=O) groups excluding carboxylic acids is 2. The minimum absolute atomic E-state index is 0.0303. The van der Waals surface area contributed by atoms with Crippen LogP contribution in [0, 0.1) is 0 Å². The van der Waals surface area contributed by atoms with Crippen LogP contribution in [0.4, 0.5) is 0 Å². The van der Waals surface area contributed by atoms with E-state index in [1.165, 1.54) is 57.8 Å². The Morgan fingerprint density at radius 1 is 0.525 bits per heavy atom. The van der Waals surface area contributed by atoms with Crippen LogP contribution in [-0.4, -0.2) is 98.3 Å². The molecule has 0 bridgehead atoms. The van der Waals surface area contributed by atoms with Crippen LogP contribution < -0.4 is 0 Å². The molecule has 0 radical (unpaired) electrons. The van der Waals surface area contributed by atoms with Crippen molar-refractivity contribution in [1.29, 1.82) is 0 Å². The second-order valence-corrected chi connectivity index (χ2v) is 16.9. The van der Waals surface area contributed by atoms with E-state index in [0.717, 1.165) is 51.4 Å². The normalized spacial score (nSPS) is 22.7. The zero-order valence-electron chi connectivity index (χ0n) is 36.9. The lowest BCUT2D eigenvalue weighted by molar-refractivity contribution is -0.220. The number of allylic oxidation sites excluding steroid dienone is 12. The van der Waals surface area contributed by atoms with Gasteiger partial charge < -0.3 is 39.9 Å². The van der Waals surface area contributed by atoms with Crippen molar-refractivity contribution in [1.82, 2.24) is 0 Å². The summed E-state index contributed by atoms with van der Waals surface area (Å²) in [4.78, 5) is 35.6. The fraction of sp³-hybridized carbons (Fsp3) is 0.702. The van der Waals surface area contributed by atoms with E-state index in [1.807, 2.05) is 18.2 Å². The lowest BCUT2D eigenvalue weighted by Crippen LogP contribution is -2.64. The van der Waals surface area contributed by atoms with Gasteiger partial charge in [-0.1, -0.05) is 164 Å². The molecule has 0 aromatic heterocycles. The highest BCUT2D eigenvalue weighted by Crippen LogP contribution is 2.47. The molecule has 13 nitrogen and oxygen atoms in total. The van der Waals surface area contributed by atoms with Crippen molar-refractivity contribution in [2.75, 3.05) is 13.2 Å². The molecule has 0 aromatic carbocycles. The molecular formula is C47H79O13P. The van der Waals surface area contributed by atoms with E-state index < -0.39 is 75.7 Å². The fourth-order valence-electron chi connectivity index (χ4n) is 6.43. The third-order valence-electron chi connectivity index (χ3n) is 10.1. The number of aliphatic hydroxyl groups is 5. The fourth-order valence-corrected chi connectivity index (χ4v) is 7.40. The molecule has 1 aliphatic carbocycles. The standard InChI is InChI=1S/C47H79O13P/c1-3-5-7-9-11-13-15-17-18-19-20-21-22-24-26-28-30-32-34-36-41(49)59-39(38-58-61(55,56)60-47-45(53)43(51)42(50)44(52)46(47)54)37-57-40(48)35-33-31-29-27-25-23-16-14-12-10-8-6-4-2/h5,7,11,13,17-18,20-21,24,26,30,32,39,42-47,50-54H,3-4,6,8-10,12,14-16,19,22-23,25,27-29,31,33-38H2,1-2H3,(H,55,56)/b7-5-,13-11-,18-17-,21-20-,26-24-,32-30-/t39?,42?,43-,44+,45-,46-,47?/m1/s1. The highest BCUT2D eigenvalue weighted by Gasteiger charge is 2.51. The van der Waals surface area contributed by atoms with E-state index in [-0.39, 0.29) is 12.8 Å². The van der Waals surface area contributed by atoms with Gasteiger partial charge in [0.25, 0.3) is 0 Å². The summed E-state index contributed by atoms with van der Waals surface area (Å²) in [5.41, 5.74) is 0. The average Bonchev–Trinajstić information content (AvgIpc) is 3.24. The number of aliphatic hydroxyl groups excluding tert-OH is 5. The maximum Gasteiger partial charge on any atom is 0.472 e. The Labute approximate surface area is 365 Å². The molecule has 0 saturated heterocycles. The van der Waals surface area contributed by atoms with Gasteiger partial charge in [-0.05, 0) is 51.4 Å². The van der Waals surface area contributed by atoms with Crippen molar-refractivity contribution in [3.8, 4) is 0 Å². The van der Waals surface area contributed by atoms with Gasteiger partial charge in [0.05, 0.1) is 6.61 Å². The summed E-state index contributed by atoms with van der Waals surface area (Å²) in [6.07, 6.45) is 32.6. The molecule has 1 rings (SSSR count). The first kappa shape index (κ1) is 56.3. The topological polar surface area (TPSA) is 210 Å². The summed E-state index contributed by atoms with van der Waals surface area (Å²) in [5, 5.41) is 50.1. The summed E-state index contributed by atoms with van der Waals surface area (Å²) in [5.74, 6) is -1.20. The van der Waals surface area contributed by atoms with Crippen LogP contribution in [-0.2, 0) is 32.7 Å². The van der Waals surface area contributed by atoms with Crippen LogP contribution in [0.1, 0.15) is 155 Å². The molecule has 0 aromatic rings. The Balaban J connectivity index is 2.53. The van der Waals surface area contributed by atoms with Gasteiger partial charge in [0, 0.05) is 12.8 Å². The van der Waals surface area contributed by atoms with E-state index >= 15 is 0 Å². The van der Waals surface area contributed by atoms with Gasteiger partial charge in [0.15, 0.2) is 6.10 Å². The maximum absolute atomic E-state index is 12.8. The van der Waals surface area contributed by atoms with Crippen molar-refractivity contribution < 1.29 is 63.1 Å². The van der Waals surface area contributed by atoms with Crippen LogP contribution in [0.5, 0.6) is 0 Å². The van der Waals surface area contributed by atoms with Crippen LogP contribution in [0.3, 0.4) is 0 Å².